The lowest BCUT2D eigenvalue weighted by atomic mass is 9.98. The first-order chi connectivity index (χ1) is 10.2. The molecule has 1 aliphatic heterocycles. The maximum absolute atomic E-state index is 13.0. The molecule has 0 radical (unpaired) electrons. The number of aromatic nitrogens is 1. The summed E-state index contributed by atoms with van der Waals surface area (Å²) in [6.45, 7) is 5.04. The van der Waals surface area contributed by atoms with Gasteiger partial charge in [0.1, 0.15) is 0 Å². The first kappa shape index (κ1) is 14.3. The van der Waals surface area contributed by atoms with Crippen molar-refractivity contribution in [3.63, 3.8) is 0 Å². The number of amides is 1. The minimum absolute atomic E-state index is 0.147. The average Bonchev–Trinajstić information content (AvgIpc) is 3.01. The van der Waals surface area contributed by atoms with Gasteiger partial charge in [0.25, 0.3) is 5.91 Å². The Morgan fingerprint density at radius 3 is 2.95 bits per heavy atom. The molecule has 1 amide bonds. The van der Waals surface area contributed by atoms with E-state index in [1.807, 2.05) is 40.9 Å². The van der Waals surface area contributed by atoms with E-state index in [0.29, 0.717) is 6.04 Å². The Morgan fingerprint density at radius 2 is 2.24 bits per heavy atom. The summed E-state index contributed by atoms with van der Waals surface area (Å²) in [4.78, 5) is 19.4. The highest BCUT2D eigenvalue weighted by Crippen LogP contribution is 2.28. The SMILES string of the molecule is Cc1ccc(-c2cscn2)c(C(=O)N2CCCCC2C)c1. The molecule has 110 valence electrons. The normalized spacial score (nSPS) is 18.8. The van der Waals surface area contributed by atoms with Crippen molar-refractivity contribution in [2.45, 2.75) is 39.2 Å². The molecule has 0 aliphatic carbocycles. The Balaban J connectivity index is 2.00. The fourth-order valence-corrected chi connectivity index (χ4v) is 3.51. The molecular formula is C17H20N2OS. The predicted octanol–water partition coefficient (Wildman–Crippen LogP) is 4.13. The van der Waals surface area contributed by atoms with Crippen LogP contribution in [0.5, 0.6) is 0 Å². The van der Waals surface area contributed by atoms with Gasteiger partial charge in [-0.1, -0.05) is 17.7 Å². The van der Waals surface area contributed by atoms with Crippen molar-refractivity contribution in [3.05, 3.63) is 40.2 Å². The molecule has 0 spiro atoms. The van der Waals surface area contributed by atoms with Crippen LogP contribution in [0.4, 0.5) is 0 Å². The molecule has 1 aromatic carbocycles. The zero-order chi connectivity index (χ0) is 14.8. The molecule has 0 saturated carbocycles. The van der Waals surface area contributed by atoms with Gasteiger partial charge in [-0.25, -0.2) is 4.98 Å². The van der Waals surface area contributed by atoms with E-state index in [9.17, 15) is 4.79 Å². The van der Waals surface area contributed by atoms with Crippen LogP contribution in [0.25, 0.3) is 11.3 Å². The number of hydrogen-bond donors (Lipinski definition) is 0. The van der Waals surface area contributed by atoms with Crippen LogP contribution in [-0.2, 0) is 0 Å². The third-order valence-electron chi connectivity index (χ3n) is 4.18. The number of aryl methyl sites for hydroxylation is 1. The zero-order valence-electron chi connectivity index (χ0n) is 12.5. The van der Waals surface area contributed by atoms with Gasteiger partial charge >= 0.3 is 0 Å². The largest absolute Gasteiger partial charge is 0.336 e. The topological polar surface area (TPSA) is 33.2 Å². The Bertz CT molecular complexity index is 636. The molecule has 1 aromatic heterocycles. The van der Waals surface area contributed by atoms with Crippen LogP contribution in [0.2, 0.25) is 0 Å². The summed E-state index contributed by atoms with van der Waals surface area (Å²) in [6, 6.07) is 6.39. The molecule has 3 rings (SSSR count). The van der Waals surface area contributed by atoms with Crippen LogP contribution in [0, 0.1) is 6.92 Å². The van der Waals surface area contributed by atoms with Crippen molar-refractivity contribution in [2.75, 3.05) is 6.54 Å². The lowest BCUT2D eigenvalue weighted by Gasteiger charge is -2.34. The molecule has 1 saturated heterocycles. The van der Waals surface area contributed by atoms with E-state index in [-0.39, 0.29) is 5.91 Å². The summed E-state index contributed by atoms with van der Waals surface area (Å²) in [5, 5.41) is 2.00. The van der Waals surface area contributed by atoms with E-state index in [1.54, 1.807) is 11.3 Å². The standard InChI is InChI=1S/C17H20N2OS/c1-12-6-7-14(16-10-21-11-18-16)15(9-12)17(20)19-8-4-3-5-13(19)2/h6-7,9-11,13H,3-5,8H2,1-2H3. The number of carbonyl (C=O) groups excluding carboxylic acids is 1. The maximum atomic E-state index is 13.0. The molecule has 2 aromatic rings. The van der Waals surface area contributed by atoms with Gasteiger partial charge in [0.15, 0.2) is 0 Å². The van der Waals surface area contributed by atoms with Gasteiger partial charge in [-0.3, -0.25) is 4.79 Å². The van der Waals surface area contributed by atoms with Crippen LogP contribution in [0.1, 0.15) is 42.1 Å². The van der Waals surface area contributed by atoms with E-state index >= 15 is 0 Å². The quantitative estimate of drug-likeness (QED) is 0.835. The van der Waals surface area contributed by atoms with Crippen molar-refractivity contribution < 1.29 is 4.79 Å². The number of likely N-dealkylation sites (tertiary alicyclic amines) is 1. The van der Waals surface area contributed by atoms with Gasteiger partial charge in [-0.2, -0.15) is 0 Å². The fraction of sp³-hybridized carbons (Fsp3) is 0.412. The Hall–Kier alpha value is -1.68. The number of carbonyl (C=O) groups is 1. The summed E-state index contributed by atoms with van der Waals surface area (Å²) in [5.74, 6) is 0.147. The maximum Gasteiger partial charge on any atom is 0.254 e. The van der Waals surface area contributed by atoms with E-state index in [0.717, 1.165) is 41.8 Å². The molecule has 0 bridgehead atoms. The van der Waals surface area contributed by atoms with Gasteiger partial charge in [-0.15, -0.1) is 11.3 Å². The second-order valence-electron chi connectivity index (χ2n) is 5.77. The summed E-state index contributed by atoms with van der Waals surface area (Å²) < 4.78 is 0. The van der Waals surface area contributed by atoms with E-state index in [1.165, 1.54) is 6.42 Å². The second kappa shape index (κ2) is 5.98. The highest BCUT2D eigenvalue weighted by molar-refractivity contribution is 7.07. The fourth-order valence-electron chi connectivity index (χ4n) is 2.96. The summed E-state index contributed by atoms with van der Waals surface area (Å²) in [7, 11) is 0. The van der Waals surface area contributed by atoms with Crippen molar-refractivity contribution >= 4 is 17.2 Å². The average molecular weight is 300 g/mol. The minimum atomic E-state index is 0.147. The zero-order valence-corrected chi connectivity index (χ0v) is 13.3. The number of nitrogens with zero attached hydrogens (tertiary/aromatic N) is 2. The molecule has 1 fully saturated rings. The van der Waals surface area contributed by atoms with Gasteiger partial charge in [0, 0.05) is 29.1 Å². The van der Waals surface area contributed by atoms with Crippen LogP contribution >= 0.6 is 11.3 Å². The van der Waals surface area contributed by atoms with Crippen LogP contribution in [0.15, 0.2) is 29.1 Å². The smallest absolute Gasteiger partial charge is 0.254 e. The molecule has 3 nitrogen and oxygen atoms in total. The lowest BCUT2D eigenvalue weighted by Crippen LogP contribution is -2.42. The lowest BCUT2D eigenvalue weighted by molar-refractivity contribution is 0.0636. The van der Waals surface area contributed by atoms with Crippen molar-refractivity contribution in [1.82, 2.24) is 9.88 Å². The van der Waals surface area contributed by atoms with Crippen LogP contribution in [0.3, 0.4) is 0 Å². The number of benzene rings is 1. The van der Waals surface area contributed by atoms with Crippen molar-refractivity contribution in [3.8, 4) is 11.3 Å². The summed E-state index contributed by atoms with van der Waals surface area (Å²) in [6.07, 6.45) is 3.43. The van der Waals surface area contributed by atoms with Crippen LogP contribution < -0.4 is 0 Å². The highest BCUT2D eigenvalue weighted by Gasteiger charge is 2.26. The number of rotatable bonds is 2. The summed E-state index contributed by atoms with van der Waals surface area (Å²) in [5.41, 5.74) is 5.56. The Labute approximate surface area is 129 Å². The molecule has 1 atom stereocenters. The van der Waals surface area contributed by atoms with Gasteiger partial charge in [-0.05, 0) is 39.2 Å². The highest BCUT2D eigenvalue weighted by atomic mass is 32.1. The minimum Gasteiger partial charge on any atom is -0.336 e. The third-order valence-corrected chi connectivity index (χ3v) is 4.76. The molecule has 1 aliphatic rings. The van der Waals surface area contributed by atoms with E-state index in [2.05, 4.69) is 11.9 Å². The first-order valence-corrected chi connectivity index (χ1v) is 8.41. The van der Waals surface area contributed by atoms with Crippen LogP contribution in [-0.4, -0.2) is 28.4 Å². The molecule has 4 heteroatoms. The monoisotopic (exact) mass is 300 g/mol. The number of thiazole rings is 1. The van der Waals surface area contributed by atoms with E-state index in [4.69, 9.17) is 0 Å². The van der Waals surface area contributed by atoms with Crippen molar-refractivity contribution in [2.24, 2.45) is 0 Å². The third kappa shape index (κ3) is 2.86. The Kier molecular flexibility index (Phi) is 4.06. The summed E-state index contributed by atoms with van der Waals surface area (Å²) >= 11 is 1.56. The van der Waals surface area contributed by atoms with Gasteiger partial charge < -0.3 is 4.90 Å². The molecular weight excluding hydrogens is 280 g/mol. The first-order valence-electron chi connectivity index (χ1n) is 7.47. The van der Waals surface area contributed by atoms with Gasteiger partial charge in [0.2, 0.25) is 0 Å². The Morgan fingerprint density at radius 1 is 1.38 bits per heavy atom. The molecule has 21 heavy (non-hydrogen) atoms. The second-order valence-corrected chi connectivity index (χ2v) is 6.48. The molecule has 1 unspecified atom stereocenters. The number of piperidine rings is 1. The molecule has 2 heterocycles. The van der Waals surface area contributed by atoms with E-state index < -0.39 is 0 Å². The molecule has 0 N–H and O–H groups in total. The number of hydrogen-bond acceptors (Lipinski definition) is 3. The van der Waals surface area contributed by atoms with Crippen molar-refractivity contribution in [1.29, 1.82) is 0 Å². The van der Waals surface area contributed by atoms with Gasteiger partial charge in [0.05, 0.1) is 11.2 Å². The predicted molar refractivity (Wildman–Crippen MR) is 86.6 cm³/mol.